The van der Waals surface area contributed by atoms with Gasteiger partial charge in [-0.05, 0) is 28.9 Å². The molecule has 0 amide bonds. The van der Waals surface area contributed by atoms with E-state index in [4.69, 9.17) is 14.2 Å². The Morgan fingerprint density at radius 1 is 1.20 bits per heavy atom. The summed E-state index contributed by atoms with van der Waals surface area (Å²) < 4.78 is 16.6. The van der Waals surface area contributed by atoms with E-state index in [0.29, 0.717) is 27.3 Å². The predicted molar refractivity (Wildman–Crippen MR) is 82.7 cm³/mol. The van der Waals surface area contributed by atoms with Crippen LogP contribution in [0.3, 0.4) is 0 Å². The fraction of sp³-hybridized carbons (Fsp3) is 0.467. The molecule has 112 valence electrons. The molecule has 1 rings (SSSR count). The van der Waals surface area contributed by atoms with Crippen LogP contribution in [0, 0.1) is 5.92 Å². The zero-order valence-electron chi connectivity index (χ0n) is 12.5. The predicted octanol–water partition coefficient (Wildman–Crippen LogP) is 3.72. The van der Waals surface area contributed by atoms with E-state index in [1.807, 2.05) is 13.8 Å². The van der Waals surface area contributed by atoms with Crippen molar-refractivity contribution in [3.8, 4) is 17.2 Å². The smallest absolute Gasteiger partial charge is 0.204 e. The number of aliphatic hydroxyl groups excluding tert-OH is 1. The molecule has 1 aromatic rings. The molecule has 0 unspecified atom stereocenters. The highest BCUT2D eigenvalue weighted by Gasteiger charge is 2.26. The Hall–Kier alpha value is -1.20. The van der Waals surface area contributed by atoms with Gasteiger partial charge < -0.3 is 19.3 Å². The maximum Gasteiger partial charge on any atom is 0.204 e. The van der Waals surface area contributed by atoms with Gasteiger partial charge in [0.25, 0.3) is 0 Å². The lowest BCUT2D eigenvalue weighted by Gasteiger charge is -2.23. The molecular weight excluding hydrogens is 324 g/mol. The number of hydrogen-bond acceptors (Lipinski definition) is 4. The molecule has 1 N–H and O–H groups in total. The van der Waals surface area contributed by atoms with Crippen molar-refractivity contribution in [2.75, 3.05) is 21.3 Å². The van der Waals surface area contributed by atoms with Gasteiger partial charge in [0.1, 0.15) is 0 Å². The zero-order chi connectivity index (χ0) is 15.4. The Labute approximate surface area is 128 Å². The van der Waals surface area contributed by atoms with Gasteiger partial charge in [-0.15, -0.1) is 0 Å². The Morgan fingerprint density at radius 2 is 1.75 bits per heavy atom. The van der Waals surface area contributed by atoms with Crippen LogP contribution in [0.25, 0.3) is 0 Å². The average molecular weight is 345 g/mol. The van der Waals surface area contributed by atoms with Crippen LogP contribution in [-0.4, -0.2) is 26.4 Å². The number of aliphatic hydroxyl groups is 1. The van der Waals surface area contributed by atoms with Gasteiger partial charge in [0.15, 0.2) is 11.5 Å². The number of hydrogen-bond donors (Lipinski definition) is 1. The van der Waals surface area contributed by atoms with Gasteiger partial charge in [-0.25, -0.2) is 0 Å². The first-order valence-corrected chi connectivity index (χ1v) is 7.00. The van der Waals surface area contributed by atoms with Gasteiger partial charge >= 0.3 is 0 Å². The largest absolute Gasteiger partial charge is 0.493 e. The van der Waals surface area contributed by atoms with Gasteiger partial charge in [0.2, 0.25) is 5.75 Å². The minimum absolute atomic E-state index is 0.0888. The van der Waals surface area contributed by atoms with Crippen molar-refractivity contribution in [2.24, 2.45) is 5.92 Å². The third kappa shape index (κ3) is 3.10. The summed E-state index contributed by atoms with van der Waals surface area (Å²) in [6.45, 7) is 7.70. The van der Waals surface area contributed by atoms with E-state index in [2.05, 4.69) is 22.5 Å². The molecule has 0 fully saturated rings. The van der Waals surface area contributed by atoms with Crippen molar-refractivity contribution in [1.29, 1.82) is 0 Å². The van der Waals surface area contributed by atoms with Gasteiger partial charge in [0, 0.05) is 11.5 Å². The third-order valence-corrected chi connectivity index (χ3v) is 4.19. The molecule has 5 heteroatoms. The Kier molecular flexibility index (Phi) is 5.89. The molecule has 0 aliphatic carbocycles. The van der Waals surface area contributed by atoms with E-state index in [0.717, 1.165) is 5.57 Å². The summed E-state index contributed by atoms with van der Waals surface area (Å²) in [6, 6.07) is 1.75. The molecule has 2 atom stereocenters. The zero-order valence-corrected chi connectivity index (χ0v) is 14.1. The molecule has 0 bridgehead atoms. The lowest BCUT2D eigenvalue weighted by molar-refractivity contribution is 0.133. The number of methoxy groups -OCH3 is 3. The molecule has 0 heterocycles. The summed E-state index contributed by atoms with van der Waals surface area (Å²) in [5.41, 5.74) is 1.58. The maximum atomic E-state index is 10.5. The summed E-state index contributed by atoms with van der Waals surface area (Å²) in [4.78, 5) is 0. The molecular formula is C15H21BrO4. The van der Waals surface area contributed by atoms with E-state index < -0.39 is 6.10 Å². The first-order chi connectivity index (χ1) is 9.38. The second-order valence-corrected chi connectivity index (χ2v) is 5.42. The van der Waals surface area contributed by atoms with Gasteiger partial charge in [-0.3, -0.25) is 0 Å². The SMILES string of the molecule is C=C(C)[C@H](C)[C@H](O)c1cc(OC)c(OC)c(OC)c1Br. The highest BCUT2D eigenvalue weighted by Crippen LogP contribution is 2.47. The summed E-state index contributed by atoms with van der Waals surface area (Å²) in [5.74, 6) is 1.40. The third-order valence-electron chi connectivity index (χ3n) is 3.37. The topological polar surface area (TPSA) is 47.9 Å². The fourth-order valence-electron chi connectivity index (χ4n) is 1.89. The van der Waals surface area contributed by atoms with E-state index in [1.165, 1.54) is 0 Å². The number of rotatable bonds is 6. The molecule has 0 spiro atoms. The Bertz CT molecular complexity index is 499. The molecule has 0 aliphatic heterocycles. The highest BCUT2D eigenvalue weighted by atomic mass is 79.9. The molecule has 20 heavy (non-hydrogen) atoms. The van der Waals surface area contributed by atoms with Gasteiger partial charge in [0.05, 0.1) is 31.9 Å². The van der Waals surface area contributed by atoms with Crippen molar-refractivity contribution >= 4 is 15.9 Å². The molecule has 4 nitrogen and oxygen atoms in total. The first kappa shape index (κ1) is 16.9. The van der Waals surface area contributed by atoms with Crippen molar-refractivity contribution in [3.63, 3.8) is 0 Å². The average Bonchev–Trinajstić information content (AvgIpc) is 2.44. The first-order valence-electron chi connectivity index (χ1n) is 6.20. The number of ether oxygens (including phenoxy) is 3. The van der Waals surface area contributed by atoms with Crippen molar-refractivity contribution < 1.29 is 19.3 Å². The summed E-state index contributed by atoms with van der Waals surface area (Å²) in [6.07, 6.45) is -0.712. The molecule has 0 aliphatic rings. The van der Waals surface area contributed by atoms with Crippen LogP contribution in [0.5, 0.6) is 17.2 Å². The van der Waals surface area contributed by atoms with Crippen LogP contribution in [0.4, 0.5) is 0 Å². The van der Waals surface area contributed by atoms with E-state index >= 15 is 0 Å². The van der Waals surface area contributed by atoms with Crippen LogP contribution < -0.4 is 14.2 Å². The van der Waals surface area contributed by atoms with Crippen molar-refractivity contribution in [2.45, 2.75) is 20.0 Å². The van der Waals surface area contributed by atoms with E-state index in [9.17, 15) is 5.11 Å². The van der Waals surface area contributed by atoms with Crippen molar-refractivity contribution in [3.05, 3.63) is 28.3 Å². The van der Waals surface area contributed by atoms with Crippen molar-refractivity contribution in [1.82, 2.24) is 0 Å². The number of halogens is 1. The van der Waals surface area contributed by atoms with Crippen LogP contribution >= 0.6 is 15.9 Å². The van der Waals surface area contributed by atoms with E-state index in [1.54, 1.807) is 27.4 Å². The van der Waals surface area contributed by atoms with Crippen LogP contribution in [0.2, 0.25) is 0 Å². The minimum Gasteiger partial charge on any atom is -0.493 e. The minimum atomic E-state index is -0.712. The Balaban J connectivity index is 3.45. The molecule has 0 saturated heterocycles. The maximum absolute atomic E-state index is 10.5. The molecule has 0 saturated carbocycles. The Morgan fingerprint density at radius 3 is 2.15 bits per heavy atom. The molecule has 1 aromatic carbocycles. The molecule has 0 radical (unpaired) electrons. The van der Waals surface area contributed by atoms with Crippen LogP contribution in [0.15, 0.2) is 22.7 Å². The number of benzene rings is 1. The normalized spacial score (nSPS) is 13.6. The quantitative estimate of drug-likeness (QED) is 0.799. The highest BCUT2D eigenvalue weighted by molar-refractivity contribution is 9.10. The van der Waals surface area contributed by atoms with Gasteiger partial charge in [-0.2, -0.15) is 0 Å². The summed E-state index contributed by atoms with van der Waals surface area (Å²) in [7, 11) is 4.63. The summed E-state index contributed by atoms with van der Waals surface area (Å²) >= 11 is 3.46. The lowest BCUT2D eigenvalue weighted by Crippen LogP contribution is -2.11. The molecule has 0 aromatic heterocycles. The standard InChI is InChI=1S/C15H21BrO4/c1-8(2)9(3)13(17)10-7-11(18-4)14(19-5)15(20-6)12(10)16/h7,9,13,17H,1H2,2-6H3/t9-,13-/m0/s1. The monoisotopic (exact) mass is 344 g/mol. The fourth-order valence-corrected chi connectivity index (χ4v) is 2.59. The van der Waals surface area contributed by atoms with E-state index in [-0.39, 0.29) is 5.92 Å². The lowest BCUT2D eigenvalue weighted by atomic mass is 9.92. The van der Waals surface area contributed by atoms with Crippen LogP contribution in [-0.2, 0) is 0 Å². The summed E-state index contributed by atoms with van der Waals surface area (Å²) in [5, 5.41) is 10.5. The van der Waals surface area contributed by atoms with Gasteiger partial charge in [-0.1, -0.05) is 19.1 Å². The second-order valence-electron chi connectivity index (χ2n) is 4.63. The van der Waals surface area contributed by atoms with Crippen LogP contribution in [0.1, 0.15) is 25.5 Å². The second kappa shape index (κ2) is 6.99.